The van der Waals surface area contributed by atoms with Crippen LogP contribution in [0.2, 0.25) is 0 Å². The maximum Gasteiger partial charge on any atom is 0.168 e. The van der Waals surface area contributed by atoms with Gasteiger partial charge in [0, 0.05) is 17.3 Å². The van der Waals surface area contributed by atoms with Gasteiger partial charge in [-0.05, 0) is 12.3 Å². The zero-order valence-corrected chi connectivity index (χ0v) is 8.67. The second-order valence-electron chi connectivity index (χ2n) is 3.37. The zero-order chi connectivity index (χ0) is 7.73. The van der Waals surface area contributed by atoms with Crippen molar-refractivity contribution in [2.45, 2.75) is 25.0 Å². The molecule has 2 rings (SSSR count). The van der Waals surface area contributed by atoms with E-state index in [0.717, 1.165) is 32.0 Å². The summed E-state index contributed by atoms with van der Waals surface area (Å²) in [6.07, 6.45) is 3.51. The molecule has 0 aromatic rings. The van der Waals surface area contributed by atoms with E-state index in [0.29, 0.717) is 0 Å². The Morgan fingerprint density at radius 3 is 2.64 bits per heavy atom. The Kier molecular flexibility index (Phi) is 2.39. The third-order valence-electron chi connectivity index (χ3n) is 2.56. The summed E-state index contributed by atoms with van der Waals surface area (Å²) in [6.45, 7) is 1.60. The molecule has 1 atom stereocenters. The van der Waals surface area contributed by atoms with Gasteiger partial charge in [0.2, 0.25) is 0 Å². The fourth-order valence-electron chi connectivity index (χ4n) is 1.96. The summed E-state index contributed by atoms with van der Waals surface area (Å²) in [7, 11) is 0. The fourth-order valence-corrected chi connectivity index (χ4v) is 2.71. The first-order chi connectivity index (χ1) is 5.35. The Morgan fingerprint density at radius 1 is 1.36 bits per heavy atom. The molecule has 2 nitrogen and oxygen atoms in total. The van der Waals surface area contributed by atoms with Gasteiger partial charge >= 0.3 is 0 Å². The van der Waals surface area contributed by atoms with Crippen molar-refractivity contribution in [1.29, 1.82) is 0 Å². The van der Waals surface area contributed by atoms with Crippen molar-refractivity contribution in [3.05, 3.63) is 0 Å². The quantitative estimate of drug-likeness (QED) is 0.534. The van der Waals surface area contributed by atoms with Gasteiger partial charge < -0.3 is 9.47 Å². The second-order valence-corrected chi connectivity index (χ2v) is 4.25. The molecular weight excluding hydrogens is 255 g/mol. The number of alkyl halides is 1. The molecule has 1 aliphatic carbocycles. The summed E-state index contributed by atoms with van der Waals surface area (Å²) in [5, 5.41) is 0. The third kappa shape index (κ3) is 1.55. The van der Waals surface area contributed by atoms with E-state index in [2.05, 4.69) is 22.6 Å². The van der Waals surface area contributed by atoms with E-state index in [9.17, 15) is 0 Å². The number of hydrogen-bond acceptors (Lipinski definition) is 2. The van der Waals surface area contributed by atoms with Crippen LogP contribution in [0.1, 0.15) is 19.3 Å². The summed E-state index contributed by atoms with van der Waals surface area (Å²) in [5.74, 6) is 0.684. The molecule has 0 N–H and O–H groups in total. The molecular formula is C8H13IO2. The summed E-state index contributed by atoms with van der Waals surface area (Å²) in [5.41, 5.74) is 0. The molecule has 0 aromatic carbocycles. The van der Waals surface area contributed by atoms with Crippen LogP contribution in [0.5, 0.6) is 0 Å². The number of rotatable bonds is 1. The van der Waals surface area contributed by atoms with Crippen molar-refractivity contribution in [1.82, 2.24) is 0 Å². The zero-order valence-electron chi connectivity index (χ0n) is 6.51. The Hall–Kier alpha value is 0.650. The van der Waals surface area contributed by atoms with Crippen LogP contribution in [-0.4, -0.2) is 23.4 Å². The predicted octanol–water partition coefficient (Wildman–Crippen LogP) is 1.96. The average Bonchev–Trinajstić information content (AvgIpc) is 2.62. The lowest BCUT2D eigenvalue weighted by Gasteiger charge is -2.20. The number of ether oxygens (including phenoxy) is 2. The van der Waals surface area contributed by atoms with Crippen LogP contribution in [0.3, 0.4) is 0 Å². The van der Waals surface area contributed by atoms with Crippen LogP contribution in [0.15, 0.2) is 0 Å². The van der Waals surface area contributed by atoms with Crippen molar-refractivity contribution in [2.24, 2.45) is 5.92 Å². The summed E-state index contributed by atoms with van der Waals surface area (Å²) < 4.78 is 12.5. The largest absolute Gasteiger partial charge is 0.348 e. The highest BCUT2D eigenvalue weighted by Crippen LogP contribution is 2.41. The highest BCUT2D eigenvalue weighted by Gasteiger charge is 2.43. The molecule has 0 amide bonds. The normalized spacial score (nSPS) is 35.2. The molecule has 0 radical (unpaired) electrons. The van der Waals surface area contributed by atoms with Gasteiger partial charge in [-0.15, -0.1) is 0 Å². The first-order valence-corrected chi connectivity index (χ1v) is 5.71. The number of hydrogen-bond donors (Lipinski definition) is 0. The van der Waals surface area contributed by atoms with Gasteiger partial charge in [0.15, 0.2) is 5.79 Å². The van der Waals surface area contributed by atoms with Crippen LogP contribution in [-0.2, 0) is 9.47 Å². The molecule has 1 aliphatic heterocycles. The lowest BCUT2D eigenvalue weighted by atomic mass is 10.1. The Morgan fingerprint density at radius 2 is 2.09 bits per heavy atom. The SMILES string of the molecule is IC[C@H]1CCC2(C1)OCCO2. The molecule has 3 heteroatoms. The van der Waals surface area contributed by atoms with Crippen LogP contribution in [0.25, 0.3) is 0 Å². The molecule has 1 heterocycles. The molecule has 1 saturated carbocycles. The molecule has 0 unspecified atom stereocenters. The van der Waals surface area contributed by atoms with E-state index >= 15 is 0 Å². The summed E-state index contributed by atoms with van der Waals surface area (Å²) >= 11 is 2.45. The van der Waals surface area contributed by atoms with Crippen molar-refractivity contribution < 1.29 is 9.47 Å². The van der Waals surface area contributed by atoms with Gasteiger partial charge in [-0.3, -0.25) is 0 Å². The smallest absolute Gasteiger partial charge is 0.168 e. The van der Waals surface area contributed by atoms with Crippen LogP contribution in [0.4, 0.5) is 0 Å². The van der Waals surface area contributed by atoms with Crippen LogP contribution in [0, 0.1) is 5.92 Å². The predicted molar refractivity (Wildman–Crippen MR) is 50.9 cm³/mol. The molecule has 2 aliphatic rings. The first-order valence-electron chi connectivity index (χ1n) is 4.18. The fraction of sp³-hybridized carbons (Fsp3) is 1.00. The van der Waals surface area contributed by atoms with Crippen molar-refractivity contribution in [3.63, 3.8) is 0 Å². The van der Waals surface area contributed by atoms with Gasteiger partial charge in [-0.2, -0.15) is 0 Å². The lowest BCUT2D eigenvalue weighted by molar-refractivity contribution is -0.152. The van der Waals surface area contributed by atoms with E-state index in [1.165, 1.54) is 10.8 Å². The van der Waals surface area contributed by atoms with Crippen molar-refractivity contribution >= 4 is 22.6 Å². The molecule has 1 saturated heterocycles. The first kappa shape index (κ1) is 8.26. The van der Waals surface area contributed by atoms with E-state index in [1.54, 1.807) is 0 Å². The molecule has 2 fully saturated rings. The minimum atomic E-state index is -0.143. The van der Waals surface area contributed by atoms with Gasteiger partial charge in [-0.25, -0.2) is 0 Å². The van der Waals surface area contributed by atoms with E-state index in [4.69, 9.17) is 9.47 Å². The Bertz CT molecular complexity index is 143. The highest BCUT2D eigenvalue weighted by molar-refractivity contribution is 14.1. The van der Waals surface area contributed by atoms with E-state index in [1.807, 2.05) is 0 Å². The second kappa shape index (κ2) is 3.18. The maximum atomic E-state index is 5.61. The van der Waals surface area contributed by atoms with Crippen molar-refractivity contribution in [2.75, 3.05) is 17.6 Å². The monoisotopic (exact) mass is 268 g/mol. The third-order valence-corrected chi connectivity index (χ3v) is 3.81. The maximum absolute atomic E-state index is 5.61. The molecule has 0 bridgehead atoms. The Balaban J connectivity index is 1.96. The minimum Gasteiger partial charge on any atom is -0.348 e. The van der Waals surface area contributed by atoms with Crippen LogP contribution < -0.4 is 0 Å². The minimum absolute atomic E-state index is 0.143. The van der Waals surface area contributed by atoms with Crippen molar-refractivity contribution in [3.8, 4) is 0 Å². The summed E-state index contributed by atoms with van der Waals surface area (Å²) in [6, 6.07) is 0. The average molecular weight is 268 g/mol. The van der Waals surface area contributed by atoms with E-state index < -0.39 is 0 Å². The Labute approximate surface area is 80.8 Å². The molecule has 64 valence electrons. The standard InChI is InChI=1S/C8H13IO2/c9-6-7-1-2-8(5-7)10-3-4-11-8/h7H,1-6H2/t7-/m0/s1. The summed E-state index contributed by atoms with van der Waals surface area (Å²) in [4.78, 5) is 0. The van der Waals surface area contributed by atoms with Gasteiger partial charge in [-0.1, -0.05) is 22.6 Å². The number of halogens is 1. The van der Waals surface area contributed by atoms with Gasteiger partial charge in [0.05, 0.1) is 13.2 Å². The lowest BCUT2D eigenvalue weighted by Crippen LogP contribution is -2.26. The topological polar surface area (TPSA) is 18.5 Å². The molecule has 11 heavy (non-hydrogen) atoms. The van der Waals surface area contributed by atoms with E-state index in [-0.39, 0.29) is 5.79 Å². The van der Waals surface area contributed by atoms with Gasteiger partial charge in [0.25, 0.3) is 0 Å². The highest BCUT2D eigenvalue weighted by atomic mass is 127. The molecule has 1 spiro atoms. The van der Waals surface area contributed by atoms with Crippen LogP contribution >= 0.6 is 22.6 Å². The molecule has 0 aromatic heterocycles. The van der Waals surface area contributed by atoms with Gasteiger partial charge in [0.1, 0.15) is 0 Å².